The Morgan fingerprint density at radius 1 is 1.41 bits per heavy atom. The van der Waals surface area contributed by atoms with Crippen molar-refractivity contribution in [3.05, 3.63) is 35.4 Å². The Hall–Kier alpha value is -3.25. The smallest absolute Gasteiger partial charge is 0.407 e. The van der Waals surface area contributed by atoms with Crippen LogP contribution < -0.4 is 10.6 Å². The molecule has 3 aromatic rings. The first kappa shape index (κ1) is 22.0. The first-order chi connectivity index (χ1) is 15.3. The highest BCUT2D eigenvalue weighted by Gasteiger charge is 2.42. The van der Waals surface area contributed by atoms with E-state index in [2.05, 4.69) is 30.8 Å². The highest BCUT2D eigenvalue weighted by atomic mass is 19.1. The van der Waals surface area contributed by atoms with Crippen LogP contribution in [0.5, 0.6) is 0 Å². The van der Waals surface area contributed by atoms with Gasteiger partial charge in [-0.05, 0) is 20.8 Å². The number of fused-ring (bicyclic) bond motifs is 1. The number of aromatic nitrogens is 5. The van der Waals surface area contributed by atoms with Gasteiger partial charge < -0.3 is 24.8 Å². The number of ether oxygens (including phenoxy) is 3. The number of nitrogens with one attached hydrogen (secondary N) is 3. The maximum atomic E-state index is 14.9. The quantitative estimate of drug-likeness (QED) is 0.504. The molecule has 1 aliphatic heterocycles. The zero-order valence-corrected chi connectivity index (χ0v) is 18.3. The van der Waals surface area contributed by atoms with E-state index in [1.807, 2.05) is 19.2 Å². The minimum atomic E-state index is -1.53. The summed E-state index contributed by atoms with van der Waals surface area (Å²) < 4.78 is 32.5. The summed E-state index contributed by atoms with van der Waals surface area (Å²) in [6.07, 6.45) is -2.31. The van der Waals surface area contributed by atoms with Crippen molar-refractivity contribution in [3.63, 3.8) is 0 Å². The fourth-order valence-electron chi connectivity index (χ4n) is 3.47. The Kier molecular flexibility index (Phi) is 6.24. The maximum absolute atomic E-state index is 14.9. The van der Waals surface area contributed by atoms with Gasteiger partial charge in [-0.25, -0.2) is 19.2 Å². The van der Waals surface area contributed by atoms with Crippen molar-refractivity contribution in [2.45, 2.75) is 51.8 Å². The lowest BCUT2D eigenvalue weighted by Gasteiger charge is -2.16. The first-order valence-corrected chi connectivity index (χ1v) is 10.2. The molecule has 1 saturated heterocycles. The molecule has 3 aromatic heterocycles. The number of H-pyrrole nitrogens is 1. The lowest BCUT2D eigenvalue weighted by molar-refractivity contribution is 0.0615. The molecule has 3 atom stereocenters. The Balaban J connectivity index is 1.47. The summed E-state index contributed by atoms with van der Waals surface area (Å²) in [5.74, 6) is 0.933. The van der Waals surface area contributed by atoms with E-state index >= 15 is 0 Å². The summed E-state index contributed by atoms with van der Waals surface area (Å²) in [6, 6.07) is 3.38. The SMILES string of the molecule is COCc1cn2c(Nc3cc([C@@H]4OC[C@H](OC(=O)NC(C)C)[C@H]4F)[nH]n3)nc(C)cc2n1. The molecule has 1 amide bonds. The lowest BCUT2D eigenvalue weighted by atomic mass is 10.1. The average molecular weight is 447 g/mol. The predicted molar refractivity (Wildman–Crippen MR) is 112 cm³/mol. The molecule has 32 heavy (non-hydrogen) atoms. The minimum Gasteiger partial charge on any atom is -0.441 e. The van der Waals surface area contributed by atoms with Crippen LogP contribution in [0.4, 0.5) is 21.0 Å². The summed E-state index contributed by atoms with van der Waals surface area (Å²) in [5.41, 5.74) is 2.67. The van der Waals surface area contributed by atoms with Gasteiger partial charge in [-0.3, -0.25) is 9.50 Å². The molecular formula is C20H26FN7O4. The van der Waals surface area contributed by atoms with Gasteiger partial charge in [0.25, 0.3) is 0 Å². The van der Waals surface area contributed by atoms with Crippen molar-refractivity contribution in [2.24, 2.45) is 0 Å². The second kappa shape index (κ2) is 9.09. The fraction of sp³-hybridized carbons (Fsp3) is 0.500. The van der Waals surface area contributed by atoms with Gasteiger partial charge in [0, 0.05) is 37.2 Å². The molecule has 172 valence electrons. The van der Waals surface area contributed by atoms with Crippen molar-refractivity contribution < 1.29 is 23.4 Å². The van der Waals surface area contributed by atoms with Crippen molar-refractivity contribution >= 4 is 23.5 Å². The Bertz CT molecular complexity index is 1100. The van der Waals surface area contributed by atoms with E-state index in [1.54, 1.807) is 31.4 Å². The Morgan fingerprint density at radius 2 is 2.22 bits per heavy atom. The fourth-order valence-corrected chi connectivity index (χ4v) is 3.47. The molecule has 12 heteroatoms. The van der Waals surface area contributed by atoms with Crippen LogP contribution in [-0.4, -0.2) is 62.7 Å². The van der Waals surface area contributed by atoms with E-state index in [4.69, 9.17) is 14.2 Å². The van der Waals surface area contributed by atoms with Crippen LogP contribution in [0.3, 0.4) is 0 Å². The number of hydrogen-bond acceptors (Lipinski definition) is 8. The number of carbonyl (C=O) groups is 1. The second-order valence-corrected chi connectivity index (χ2v) is 7.89. The molecular weight excluding hydrogens is 421 g/mol. The lowest BCUT2D eigenvalue weighted by Crippen LogP contribution is -2.36. The molecule has 0 aromatic carbocycles. The zero-order valence-electron chi connectivity index (χ0n) is 18.3. The van der Waals surface area contributed by atoms with Crippen LogP contribution in [0.25, 0.3) is 5.65 Å². The topological polar surface area (TPSA) is 128 Å². The van der Waals surface area contributed by atoms with Crippen molar-refractivity contribution in [2.75, 3.05) is 19.0 Å². The summed E-state index contributed by atoms with van der Waals surface area (Å²) in [6.45, 7) is 5.78. The van der Waals surface area contributed by atoms with Crippen LogP contribution in [-0.2, 0) is 20.8 Å². The number of methoxy groups -OCH3 is 1. The van der Waals surface area contributed by atoms with Crippen LogP contribution in [0.1, 0.15) is 37.0 Å². The number of alkyl halides is 1. The molecule has 0 aliphatic carbocycles. The number of hydrogen-bond donors (Lipinski definition) is 3. The first-order valence-electron chi connectivity index (χ1n) is 10.2. The molecule has 0 spiro atoms. The van der Waals surface area contributed by atoms with Crippen molar-refractivity contribution in [1.29, 1.82) is 0 Å². The number of aromatic amines is 1. The van der Waals surface area contributed by atoms with E-state index in [0.29, 0.717) is 29.7 Å². The van der Waals surface area contributed by atoms with Gasteiger partial charge in [-0.15, -0.1) is 0 Å². The molecule has 0 unspecified atom stereocenters. The van der Waals surface area contributed by atoms with Crippen molar-refractivity contribution in [3.8, 4) is 0 Å². The number of imidazole rings is 1. The number of rotatable bonds is 7. The molecule has 1 fully saturated rings. The van der Waals surface area contributed by atoms with E-state index in [9.17, 15) is 9.18 Å². The maximum Gasteiger partial charge on any atom is 0.407 e. The number of alkyl carbamates (subject to hydrolysis) is 1. The van der Waals surface area contributed by atoms with Gasteiger partial charge in [-0.2, -0.15) is 5.10 Å². The average Bonchev–Trinajstić information content (AvgIpc) is 3.41. The van der Waals surface area contributed by atoms with Gasteiger partial charge in [0.2, 0.25) is 5.95 Å². The predicted octanol–water partition coefficient (Wildman–Crippen LogP) is 2.56. The third-order valence-electron chi connectivity index (χ3n) is 4.82. The van der Waals surface area contributed by atoms with Gasteiger partial charge >= 0.3 is 6.09 Å². The highest BCUT2D eigenvalue weighted by Crippen LogP contribution is 2.33. The second-order valence-electron chi connectivity index (χ2n) is 7.89. The van der Waals surface area contributed by atoms with Gasteiger partial charge in [-0.1, -0.05) is 0 Å². The van der Waals surface area contributed by atoms with Gasteiger partial charge in [0.15, 0.2) is 18.1 Å². The number of halogens is 1. The third kappa shape index (κ3) is 4.65. The van der Waals surface area contributed by atoms with E-state index in [0.717, 1.165) is 11.4 Å². The van der Waals surface area contributed by atoms with Gasteiger partial charge in [0.1, 0.15) is 11.8 Å². The molecule has 0 saturated carbocycles. The largest absolute Gasteiger partial charge is 0.441 e. The van der Waals surface area contributed by atoms with Crippen LogP contribution in [0, 0.1) is 6.92 Å². The molecule has 3 N–H and O–H groups in total. The normalized spacial score (nSPS) is 20.8. The van der Waals surface area contributed by atoms with Gasteiger partial charge in [0.05, 0.1) is 24.6 Å². The Morgan fingerprint density at radius 3 is 2.97 bits per heavy atom. The third-order valence-corrected chi connectivity index (χ3v) is 4.82. The van der Waals surface area contributed by atoms with Crippen molar-refractivity contribution in [1.82, 2.24) is 29.9 Å². The monoisotopic (exact) mass is 447 g/mol. The molecule has 0 bridgehead atoms. The number of aryl methyl sites for hydroxylation is 1. The zero-order chi connectivity index (χ0) is 22.8. The summed E-state index contributed by atoms with van der Waals surface area (Å²) in [7, 11) is 1.60. The number of carbonyl (C=O) groups excluding carboxylic acids is 1. The number of amides is 1. The number of nitrogens with zero attached hydrogens (tertiary/aromatic N) is 4. The number of anilines is 2. The van der Waals surface area contributed by atoms with Crippen LogP contribution >= 0.6 is 0 Å². The summed E-state index contributed by atoms with van der Waals surface area (Å²) in [4.78, 5) is 20.8. The highest BCUT2D eigenvalue weighted by molar-refractivity contribution is 5.67. The minimum absolute atomic E-state index is 0.0451. The van der Waals surface area contributed by atoms with Crippen LogP contribution in [0.15, 0.2) is 18.3 Å². The molecule has 4 heterocycles. The van der Waals surface area contributed by atoms with Crippen LogP contribution in [0.2, 0.25) is 0 Å². The summed E-state index contributed by atoms with van der Waals surface area (Å²) in [5, 5.41) is 12.7. The molecule has 0 radical (unpaired) electrons. The summed E-state index contributed by atoms with van der Waals surface area (Å²) >= 11 is 0. The molecule has 1 aliphatic rings. The Labute approximate surface area is 183 Å². The molecule has 4 rings (SSSR count). The van der Waals surface area contributed by atoms with E-state index in [-0.39, 0.29) is 12.6 Å². The molecule has 11 nitrogen and oxygen atoms in total. The standard InChI is InChI=1S/C20H26FN7O4/c1-10(2)22-20(29)32-14-9-31-18(17(14)21)13-6-15(27-26-13)25-19-23-11(3)5-16-24-12(8-30-4)7-28(16)19/h5-7,10,14,17-18H,8-9H2,1-4H3,(H,22,29)(H2,23,25,26,27)/t14-,17+,18-/m0/s1. The van der Waals surface area contributed by atoms with E-state index < -0.39 is 24.5 Å². The van der Waals surface area contributed by atoms with E-state index in [1.165, 1.54) is 0 Å².